The fourth-order valence-electron chi connectivity index (χ4n) is 3.42. The lowest BCUT2D eigenvalue weighted by Gasteiger charge is -2.31. The second kappa shape index (κ2) is 6.92. The third kappa shape index (κ3) is 2.89. The van der Waals surface area contributed by atoms with Crippen LogP contribution in [0.25, 0.3) is 0 Å². The molecule has 0 bridgehead atoms. The normalized spacial score (nSPS) is 24.5. The van der Waals surface area contributed by atoms with Crippen molar-refractivity contribution in [2.75, 3.05) is 11.4 Å². The molecule has 116 valence electrons. The molecule has 4 nitrogen and oxygen atoms in total. The van der Waals surface area contributed by atoms with E-state index in [0.29, 0.717) is 12.1 Å². The van der Waals surface area contributed by atoms with Crippen LogP contribution in [0.1, 0.15) is 52.0 Å². The lowest BCUT2D eigenvalue weighted by molar-refractivity contribution is 0.195. The molecule has 1 aliphatic heterocycles. The molecule has 1 aliphatic carbocycles. The average Bonchev–Trinajstić information content (AvgIpc) is 2.82. The number of hydrogen-bond donors (Lipinski definition) is 0. The zero-order valence-corrected chi connectivity index (χ0v) is 13.7. The van der Waals surface area contributed by atoms with Crippen LogP contribution in [-0.4, -0.2) is 34.5 Å². The van der Waals surface area contributed by atoms with Crippen molar-refractivity contribution in [1.29, 1.82) is 0 Å². The Hall–Kier alpha value is -1.58. The zero-order chi connectivity index (χ0) is 15.4. The number of hydrogen-bond acceptors (Lipinski definition) is 2. The Balaban J connectivity index is 0.000000774. The van der Waals surface area contributed by atoms with Crippen molar-refractivity contribution in [2.24, 2.45) is 0 Å². The summed E-state index contributed by atoms with van der Waals surface area (Å²) in [5.41, 5.74) is 1.13. The number of anilines is 1. The van der Waals surface area contributed by atoms with Gasteiger partial charge in [-0.15, -0.1) is 0 Å². The number of rotatable bonds is 2. The minimum absolute atomic E-state index is 0.135. The van der Waals surface area contributed by atoms with Gasteiger partial charge in [0.25, 0.3) is 0 Å². The van der Waals surface area contributed by atoms with Crippen LogP contribution in [0.15, 0.2) is 18.3 Å². The fraction of sp³-hybridized carbons (Fsp3) is 0.647. The molecule has 2 aliphatic rings. The number of nitrogens with zero attached hydrogens (tertiary/aromatic N) is 3. The zero-order valence-electron chi connectivity index (χ0n) is 13.7. The van der Waals surface area contributed by atoms with Gasteiger partial charge in [0.1, 0.15) is 5.82 Å². The lowest BCUT2D eigenvalue weighted by Crippen LogP contribution is -2.40. The van der Waals surface area contributed by atoms with Gasteiger partial charge < -0.3 is 4.90 Å². The summed E-state index contributed by atoms with van der Waals surface area (Å²) >= 11 is 0. The number of fused-ring (bicyclic) bond motifs is 1. The van der Waals surface area contributed by atoms with E-state index >= 15 is 0 Å². The maximum absolute atomic E-state index is 12.6. The molecule has 0 radical (unpaired) electrons. The molecule has 2 atom stereocenters. The van der Waals surface area contributed by atoms with Crippen molar-refractivity contribution in [3.63, 3.8) is 0 Å². The third-order valence-electron chi connectivity index (χ3n) is 4.36. The number of urea groups is 1. The van der Waals surface area contributed by atoms with E-state index in [0.717, 1.165) is 30.8 Å². The molecule has 2 fully saturated rings. The fourth-order valence-corrected chi connectivity index (χ4v) is 3.42. The molecule has 3 rings (SSSR count). The van der Waals surface area contributed by atoms with Crippen LogP contribution in [0, 0.1) is 6.92 Å². The van der Waals surface area contributed by atoms with E-state index in [4.69, 9.17) is 0 Å². The lowest BCUT2D eigenvalue weighted by atomic mass is 9.90. The van der Waals surface area contributed by atoms with Gasteiger partial charge in [-0.3, -0.25) is 4.90 Å². The van der Waals surface area contributed by atoms with Crippen LogP contribution < -0.4 is 4.90 Å². The Morgan fingerprint density at radius 1 is 1.19 bits per heavy atom. The van der Waals surface area contributed by atoms with E-state index in [1.807, 2.05) is 48.9 Å². The Labute approximate surface area is 128 Å². The van der Waals surface area contributed by atoms with Crippen LogP contribution in [0.3, 0.4) is 0 Å². The average molecular weight is 289 g/mol. The molecule has 4 heteroatoms. The van der Waals surface area contributed by atoms with Gasteiger partial charge in [-0.25, -0.2) is 9.78 Å². The van der Waals surface area contributed by atoms with Gasteiger partial charge in [0.2, 0.25) is 0 Å². The number of carbonyl (C=O) groups excluding carboxylic acids is 1. The molecule has 2 unspecified atom stereocenters. The van der Waals surface area contributed by atoms with Crippen molar-refractivity contribution < 1.29 is 4.79 Å². The van der Waals surface area contributed by atoms with Gasteiger partial charge in [0.05, 0.1) is 12.1 Å². The van der Waals surface area contributed by atoms with Gasteiger partial charge in [-0.05, 0) is 38.3 Å². The van der Waals surface area contributed by atoms with Crippen LogP contribution in [0.4, 0.5) is 10.6 Å². The van der Waals surface area contributed by atoms with E-state index in [9.17, 15) is 4.79 Å². The number of likely N-dealkylation sites (N-methyl/N-ethyl adjacent to an activating group) is 1. The van der Waals surface area contributed by atoms with E-state index in [1.165, 1.54) is 12.8 Å². The second-order valence-electron chi connectivity index (χ2n) is 5.55. The molecule has 1 saturated heterocycles. The van der Waals surface area contributed by atoms with E-state index in [-0.39, 0.29) is 6.03 Å². The SMILES string of the molecule is CC.CCN1C(=O)N(c2ccc(C)cn2)C2CCCCC21. The number of pyridine rings is 1. The van der Waals surface area contributed by atoms with E-state index in [1.54, 1.807) is 0 Å². The Morgan fingerprint density at radius 2 is 1.86 bits per heavy atom. The molecule has 21 heavy (non-hydrogen) atoms. The first kappa shape index (κ1) is 15.8. The number of carbonyl (C=O) groups is 1. The minimum Gasteiger partial charge on any atom is -0.320 e. The predicted molar refractivity (Wildman–Crippen MR) is 86.6 cm³/mol. The summed E-state index contributed by atoms with van der Waals surface area (Å²) in [5.74, 6) is 0.809. The van der Waals surface area contributed by atoms with Gasteiger partial charge >= 0.3 is 6.03 Å². The van der Waals surface area contributed by atoms with Gasteiger partial charge in [0.15, 0.2) is 0 Å². The smallest absolute Gasteiger partial charge is 0.320 e. The molecule has 1 aromatic rings. The summed E-state index contributed by atoms with van der Waals surface area (Å²) in [6, 6.07) is 4.83. The highest BCUT2D eigenvalue weighted by Crippen LogP contribution is 2.36. The molecule has 0 spiro atoms. The number of amides is 2. The summed E-state index contributed by atoms with van der Waals surface area (Å²) in [7, 11) is 0. The monoisotopic (exact) mass is 289 g/mol. The number of aromatic nitrogens is 1. The van der Waals surface area contributed by atoms with Gasteiger partial charge in [-0.1, -0.05) is 32.8 Å². The highest BCUT2D eigenvalue weighted by molar-refractivity contribution is 5.94. The first-order valence-electron chi connectivity index (χ1n) is 8.25. The molecule has 2 heterocycles. The minimum atomic E-state index is 0.135. The molecule has 2 amide bonds. The predicted octanol–water partition coefficient (Wildman–Crippen LogP) is 3.99. The maximum atomic E-state index is 12.6. The molecule has 1 saturated carbocycles. The summed E-state index contributed by atoms with van der Waals surface area (Å²) < 4.78 is 0. The highest BCUT2D eigenvalue weighted by atomic mass is 16.2. The molecule has 0 aromatic carbocycles. The van der Waals surface area contributed by atoms with Gasteiger partial charge in [-0.2, -0.15) is 0 Å². The molecular formula is C17H27N3O. The summed E-state index contributed by atoms with van der Waals surface area (Å²) in [4.78, 5) is 21.0. The second-order valence-corrected chi connectivity index (χ2v) is 5.55. The van der Waals surface area contributed by atoms with Crippen molar-refractivity contribution in [3.8, 4) is 0 Å². The van der Waals surface area contributed by atoms with E-state index in [2.05, 4.69) is 11.9 Å². The standard InChI is InChI=1S/C15H21N3O.C2H6/c1-3-17-12-6-4-5-7-13(12)18(15(17)19)14-9-8-11(2)10-16-14;1-2/h8-10,12-13H,3-7H2,1-2H3;1-2H3. The van der Waals surface area contributed by atoms with Gasteiger partial charge in [0, 0.05) is 12.7 Å². The Bertz CT molecular complexity index is 471. The van der Waals surface area contributed by atoms with Crippen molar-refractivity contribution in [2.45, 2.75) is 65.5 Å². The van der Waals surface area contributed by atoms with Crippen LogP contribution >= 0.6 is 0 Å². The molecule has 0 N–H and O–H groups in total. The largest absolute Gasteiger partial charge is 0.326 e. The summed E-state index contributed by atoms with van der Waals surface area (Å²) in [6.07, 6.45) is 6.53. The number of aryl methyl sites for hydroxylation is 1. The van der Waals surface area contributed by atoms with Crippen LogP contribution in [0.2, 0.25) is 0 Å². The topological polar surface area (TPSA) is 36.4 Å². The Kier molecular flexibility index (Phi) is 5.21. The highest BCUT2D eigenvalue weighted by Gasteiger charge is 2.46. The van der Waals surface area contributed by atoms with Crippen LogP contribution in [-0.2, 0) is 0 Å². The molecular weight excluding hydrogens is 262 g/mol. The van der Waals surface area contributed by atoms with Crippen molar-refractivity contribution in [3.05, 3.63) is 23.9 Å². The summed E-state index contributed by atoms with van der Waals surface area (Å²) in [5, 5.41) is 0. The van der Waals surface area contributed by atoms with E-state index < -0.39 is 0 Å². The maximum Gasteiger partial charge on any atom is 0.326 e. The quantitative estimate of drug-likeness (QED) is 0.825. The van der Waals surface area contributed by atoms with Crippen molar-refractivity contribution in [1.82, 2.24) is 9.88 Å². The van der Waals surface area contributed by atoms with Crippen molar-refractivity contribution >= 4 is 11.8 Å². The first-order chi connectivity index (χ1) is 10.2. The molecule has 1 aromatic heterocycles. The summed E-state index contributed by atoms with van der Waals surface area (Å²) in [6.45, 7) is 8.88. The first-order valence-corrected chi connectivity index (χ1v) is 8.25. The third-order valence-corrected chi connectivity index (χ3v) is 4.36. The van der Waals surface area contributed by atoms with Crippen LogP contribution in [0.5, 0.6) is 0 Å². The Morgan fingerprint density at radius 3 is 2.43 bits per heavy atom.